The molecule has 0 aliphatic heterocycles. The smallest absolute Gasteiger partial charge is 0.326 e. The number of aliphatic hydroxyl groups excluding tert-OH is 1. The van der Waals surface area contributed by atoms with Gasteiger partial charge in [0.1, 0.15) is 18.1 Å². The number of hydrogen-bond acceptors (Lipinski definition) is 8. The number of primary amides is 1. The van der Waals surface area contributed by atoms with Crippen LogP contribution < -0.4 is 27.4 Å². The zero-order valence-electron chi connectivity index (χ0n) is 17.2. The van der Waals surface area contributed by atoms with E-state index in [-0.39, 0.29) is 0 Å². The van der Waals surface area contributed by atoms with Gasteiger partial charge < -0.3 is 37.6 Å². The first kappa shape index (κ1) is 27.6. The van der Waals surface area contributed by atoms with Crippen LogP contribution in [0.25, 0.3) is 0 Å². The number of amides is 4. The van der Waals surface area contributed by atoms with Crippen LogP contribution in [0.1, 0.15) is 26.7 Å². The Labute approximate surface area is 178 Å². The zero-order chi connectivity index (χ0) is 23.4. The topological polar surface area (TPSA) is 214 Å². The summed E-state index contributed by atoms with van der Waals surface area (Å²) in [6.45, 7) is 2.35. The van der Waals surface area contributed by atoms with Gasteiger partial charge in [-0.1, -0.05) is 13.8 Å². The van der Waals surface area contributed by atoms with Crippen molar-refractivity contribution < 1.29 is 34.2 Å². The van der Waals surface area contributed by atoms with Gasteiger partial charge in [-0.25, -0.2) is 4.79 Å². The fraction of sp³-hybridized carbons (Fsp3) is 0.706. The Balaban J connectivity index is 5.22. The Kier molecular flexibility index (Phi) is 12.7. The molecule has 0 bridgehead atoms. The lowest BCUT2D eigenvalue weighted by molar-refractivity contribution is -0.143. The van der Waals surface area contributed by atoms with Gasteiger partial charge in [-0.15, -0.1) is 0 Å². The summed E-state index contributed by atoms with van der Waals surface area (Å²) in [7, 11) is 0. The molecular formula is C17H31N5O7S. The number of nitrogens with one attached hydrogen (secondary N) is 3. The Morgan fingerprint density at radius 1 is 0.967 bits per heavy atom. The van der Waals surface area contributed by atoms with Gasteiger partial charge in [0.25, 0.3) is 0 Å². The van der Waals surface area contributed by atoms with E-state index >= 15 is 0 Å². The van der Waals surface area contributed by atoms with Crippen LogP contribution in [-0.2, 0) is 24.0 Å². The highest BCUT2D eigenvalue weighted by Gasteiger charge is 2.31. The van der Waals surface area contributed by atoms with E-state index in [4.69, 9.17) is 11.5 Å². The third kappa shape index (κ3) is 9.89. The standard InChI is InChI=1S/C17H31N5O7S/c1-8(2)13(17(28)29)22-15(26)10(6-12(19)24)20-16(27)11(7-23)21-14(25)9(18)4-5-30-3/h8-11,13,23H,4-7,18H2,1-3H3,(H2,19,24)(H,20,27)(H,21,25)(H,22,26)(H,28,29). The highest BCUT2D eigenvalue weighted by atomic mass is 32.2. The van der Waals surface area contributed by atoms with Crippen LogP contribution in [-0.4, -0.2) is 82.6 Å². The van der Waals surface area contributed by atoms with Crippen LogP contribution >= 0.6 is 11.8 Å². The third-order valence-corrected chi connectivity index (χ3v) is 4.70. The van der Waals surface area contributed by atoms with Crippen molar-refractivity contribution in [1.29, 1.82) is 0 Å². The van der Waals surface area contributed by atoms with Crippen molar-refractivity contribution in [2.75, 3.05) is 18.6 Å². The molecular weight excluding hydrogens is 418 g/mol. The molecule has 30 heavy (non-hydrogen) atoms. The third-order valence-electron chi connectivity index (χ3n) is 4.05. The minimum Gasteiger partial charge on any atom is -0.480 e. The monoisotopic (exact) mass is 449 g/mol. The van der Waals surface area contributed by atoms with Gasteiger partial charge in [-0.05, 0) is 24.3 Å². The first-order valence-corrected chi connectivity index (χ1v) is 10.6. The number of nitrogens with two attached hydrogens (primary N) is 2. The molecule has 0 aromatic carbocycles. The molecule has 0 aromatic heterocycles. The molecule has 0 aliphatic rings. The number of aliphatic hydroxyl groups is 1. The van der Waals surface area contributed by atoms with Crippen LogP contribution in [0.4, 0.5) is 0 Å². The van der Waals surface area contributed by atoms with Crippen LogP contribution in [0.2, 0.25) is 0 Å². The van der Waals surface area contributed by atoms with E-state index in [0.29, 0.717) is 12.2 Å². The summed E-state index contributed by atoms with van der Waals surface area (Å²) >= 11 is 1.49. The van der Waals surface area contributed by atoms with Gasteiger partial charge in [0.2, 0.25) is 23.6 Å². The number of aliphatic carboxylic acids is 1. The summed E-state index contributed by atoms with van der Waals surface area (Å²) in [4.78, 5) is 59.5. The normalized spacial score (nSPS) is 14.9. The Bertz CT molecular complexity index is 632. The summed E-state index contributed by atoms with van der Waals surface area (Å²) in [6, 6.07) is -5.08. The first-order valence-electron chi connectivity index (χ1n) is 9.22. The molecule has 0 heterocycles. The molecule has 0 saturated heterocycles. The summed E-state index contributed by atoms with van der Waals surface area (Å²) in [5.41, 5.74) is 10.8. The first-order chi connectivity index (χ1) is 13.9. The summed E-state index contributed by atoms with van der Waals surface area (Å²) in [6.07, 6.45) is 1.58. The van der Waals surface area contributed by atoms with E-state index in [2.05, 4.69) is 16.0 Å². The molecule has 4 amide bonds. The minimum absolute atomic E-state index is 0.352. The molecule has 0 radical (unpaired) electrons. The number of carboxylic acid groups (broad SMARTS) is 1. The maximum atomic E-state index is 12.4. The summed E-state index contributed by atoms with van der Waals surface area (Å²) in [5, 5.41) is 25.3. The number of rotatable bonds is 14. The van der Waals surface area contributed by atoms with Gasteiger partial charge in [0.05, 0.1) is 19.1 Å². The van der Waals surface area contributed by atoms with E-state index < -0.39 is 72.7 Å². The second-order valence-corrected chi connectivity index (χ2v) is 7.92. The predicted octanol–water partition coefficient (Wildman–Crippen LogP) is -2.87. The molecule has 0 spiro atoms. The van der Waals surface area contributed by atoms with E-state index in [1.54, 1.807) is 13.8 Å². The van der Waals surface area contributed by atoms with E-state index in [0.717, 1.165) is 0 Å². The molecule has 4 atom stereocenters. The van der Waals surface area contributed by atoms with Gasteiger partial charge in [0.15, 0.2) is 0 Å². The molecule has 0 fully saturated rings. The van der Waals surface area contributed by atoms with Crippen molar-refractivity contribution in [3.63, 3.8) is 0 Å². The molecule has 12 nitrogen and oxygen atoms in total. The highest BCUT2D eigenvalue weighted by Crippen LogP contribution is 2.04. The lowest BCUT2D eigenvalue weighted by Gasteiger charge is -2.24. The second kappa shape index (κ2) is 13.8. The highest BCUT2D eigenvalue weighted by molar-refractivity contribution is 7.98. The SMILES string of the molecule is CSCCC(N)C(=O)NC(CO)C(=O)NC(CC(N)=O)C(=O)NC(C(=O)O)C(C)C. The van der Waals surface area contributed by atoms with E-state index in [9.17, 15) is 34.2 Å². The van der Waals surface area contributed by atoms with Crippen molar-refractivity contribution >= 4 is 41.4 Å². The van der Waals surface area contributed by atoms with Gasteiger partial charge in [0, 0.05) is 0 Å². The lowest BCUT2D eigenvalue weighted by Crippen LogP contribution is -2.59. The maximum Gasteiger partial charge on any atom is 0.326 e. The van der Waals surface area contributed by atoms with Crippen molar-refractivity contribution in [2.45, 2.75) is 50.9 Å². The van der Waals surface area contributed by atoms with Crippen molar-refractivity contribution in [1.82, 2.24) is 16.0 Å². The molecule has 4 unspecified atom stereocenters. The van der Waals surface area contributed by atoms with Crippen molar-refractivity contribution in [3.8, 4) is 0 Å². The Morgan fingerprint density at radius 2 is 1.50 bits per heavy atom. The molecule has 9 N–H and O–H groups in total. The fourth-order valence-corrected chi connectivity index (χ4v) is 2.79. The van der Waals surface area contributed by atoms with Gasteiger partial charge >= 0.3 is 5.97 Å². The van der Waals surface area contributed by atoms with E-state index in [1.165, 1.54) is 11.8 Å². The number of carbonyl (C=O) groups is 5. The quantitative estimate of drug-likeness (QED) is 0.145. The number of hydrogen-bond donors (Lipinski definition) is 7. The van der Waals surface area contributed by atoms with Crippen molar-refractivity contribution in [3.05, 3.63) is 0 Å². The minimum atomic E-state index is -1.49. The summed E-state index contributed by atoms with van der Waals surface area (Å²) < 4.78 is 0. The number of carbonyl (C=O) groups excluding carboxylic acids is 4. The maximum absolute atomic E-state index is 12.4. The molecule has 0 saturated carbocycles. The van der Waals surface area contributed by atoms with Gasteiger partial charge in [-0.3, -0.25) is 19.2 Å². The lowest BCUT2D eigenvalue weighted by atomic mass is 10.0. The van der Waals surface area contributed by atoms with Crippen LogP contribution in [0.5, 0.6) is 0 Å². The molecule has 0 rings (SSSR count). The second-order valence-electron chi connectivity index (χ2n) is 6.93. The van der Waals surface area contributed by atoms with E-state index in [1.807, 2.05) is 6.26 Å². The molecule has 172 valence electrons. The molecule has 13 heteroatoms. The van der Waals surface area contributed by atoms with Crippen LogP contribution in [0.3, 0.4) is 0 Å². The van der Waals surface area contributed by atoms with Crippen LogP contribution in [0, 0.1) is 5.92 Å². The number of carboxylic acids is 1. The summed E-state index contributed by atoms with van der Waals surface area (Å²) in [5.74, 6) is -4.63. The fourth-order valence-electron chi connectivity index (χ4n) is 2.30. The van der Waals surface area contributed by atoms with Crippen LogP contribution in [0.15, 0.2) is 0 Å². The van der Waals surface area contributed by atoms with Crippen molar-refractivity contribution in [2.24, 2.45) is 17.4 Å². The Hall–Kier alpha value is -2.38. The largest absolute Gasteiger partial charge is 0.480 e. The Morgan fingerprint density at radius 3 is 1.93 bits per heavy atom. The average Bonchev–Trinajstić information content (AvgIpc) is 2.66. The average molecular weight is 450 g/mol. The predicted molar refractivity (Wildman–Crippen MR) is 110 cm³/mol. The number of thioether (sulfide) groups is 1. The van der Waals surface area contributed by atoms with Gasteiger partial charge in [-0.2, -0.15) is 11.8 Å². The zero-order valence-corrected chi connectivity index (χ0v) is 18.0. The molecule has 0 aliphatic carbocycles. The molecule has 0 aromatic rings.